The minimum Gasteiger partial charge on any atom is -0.493 e. The molecule has 0 aliphatic heterocycles. The Kier molecular flexibility index (Phi) is 7.64. The Morgan fingerprint density at radius 2 is 2.00 bits per heavy atom. The number of ether oxygens (including phenoxy) is 3. The first-order chi connectivity index (χ1) is 15.0. The first-order valence-corrected chi connectivity index (χ1v) is 10.4. The fraction of sp³-hybridized carbons (Fsp3) is 0.136. The summed E-state index contributed by atoms with van der Waals surface area (Å²) in [6, 6.07) is 13.5. The van der Waals surface area contributed by atoms with Gasteiger partial charge in [-0.15, -0.1) is 11.3 Å². The second kappa shape index (κ2) is 10.6. The van der Waals surface area contributed by atoms with Crippen LogP contribution in [0.15, 0.2) is 59.0 Å². The predicted molar refractivity (Wildman–Crippen MR) is 120 cm³/mol. The normalized spacial score (nSPS) is 10.7. The van der Waals surface area contributed by atoms with Crippen molar-refractivity contribution in [1.29, 1.82) is 0 Å². The van der Waals surface area contributed by atoms with Gasteiger partial charge in [0, 0.05) is 5.02 Å². The highest BCUT2D eigenvalue weighted by Gasteiger charge is 2.13. The molecule has 1 heterocycles. The van der Waals surface area contributed by atoms with E-state index in [0.29, 0.717) is 27.0 Å². The van der Waals surface area contributed by atoms with E-state index >= 15 is 0 Å². The van der Waals surface area contributed by atoms with Gasteiger partial charge < -0.3 is 14.2 Å². The first kappa shape index (κ1) is 22.3. The summed E-state index contributed by atoms with van der Waals surface area (Å²) in [5, 5.41) is 6.33. The van der Waals surface area contributed by atoms with Crippen molar-refractivity contribution in [3.8, 4) is 17.2 Å². The standard InChI is InChI=1S/C22H19ClN2O5S/c1-14-10-16(6-7-17(14)23)29-13-21(26)25-24-12-15-5-8-18(19(11-15)28-2)30-22(27)20-4-3-9-31-20/h3-12H,13H2,1-2H3,(H,25,26)/b24-12-. The number of hydrogen-bond acceptors (Lipinski definition) is 7. The Morgan fingerprint density at radius 3 is 2.71 bits per heavy atom. The van der Waals surface area contributed by atoms with E-state index in [4.69, 9.17) is 25.8 Å². The summed E-state index contributed by atoms with van der Waals surface area (Å²) in [4.78, 5) is 24.5. The SMILES string of the molecule is COc1cc(/C=N\NC(=O)COc2ccc(Cl)c(C)c2)ccc1OC(=O)c1cccs1. The van der Waals surface area contributed by atoms with Gasteiger partial charge in [-0.2, -0.15) is 5.10 Å². The van der Waals surface area contributed by atoms with E-state index in [0.717, 1.165) is 5.56 Å². The molecule has 3 aromatic rings. The molecule has 0 radical (unpaired) electrons. The van der Waals surface area contributed by atoms with Crippen LogP contribution in [0.2, 0.25) is 5.02 Å². The fourth-order valence-corrected chi connectivity index (χ4v) is 3.18. The van der Waals surface area contributed by atoms with Crippen LogP contribution in [0, 0.1) is 6.92 Å². The van der Waals surface area contributed by atoms with E-state index in [-0.39, 0.29) is 12.4 Å². The lowest BCUT2D eigenvalue weighted by Crippen LogP contribution is -2.24. The third-order valence-electron chi connectivity index (χ3n) is 4.01. The number of benzene rings is 2. The molecule has 0 bridgehead atoms. The third-order valence-corrected chi connectivity index (χ3v) is 5.29. The molecule has 9 heteroatoms. The number of nitrogens with one attached hydrogen (secondary N) is 1. The van der Waals surface area contributed by atoms with Crippen molar-refractivity contribution in [2.24, 2.45) is 5.10 Å². The minimum atomic E-state index is -0.460. The molecule has 0 saturated heterocycles. The van der Waals surface area contributed by atoms with Crippen molar-refractivity contribution in [2.45, 2.75) is 6.92 Å². The topological polar surface area (TPSA) is 86.2 Å². The Bertz CT molecular complexity index is 1100. The zero-order valence-corrected chi connectivity index (χ0v) is 18.3. The van der Waals surface area contributed by atoms with Crippen molar-refractivity contribution < 1.29 is 23.8 Å². The number of amides is 1. The Morgan fingerprint density at radius 1 is 1.16 bits per heavy atom. The Labute approximate surface area is 188 Å². The molecule has 31 heavy (non-hydrogen) atoms. The van der Waals surface area contributed by atoms with E-state index in [1.165, 1.54) is 24.7 Å². The van der Waals surface area contributed by atoms with Crippen molar-refractivity contribution in [3.05, 3.63) is 74.9 Å². The monoisotopic (exact) mass is 458 g/mol. The quantitative estimate of drug-likeness (QED) is 0.233. The van der Waals surface area contributed by atoms with E-state index in [1.807, 2.05) is 6.92 Å². The molecule has 3 rings (SSSR count). The first-order valence-electron chi connectivity index (χ1n) is 9.11. The average Bonchev–Trinajstić information content (AvgIpc) is 3.30. The number of nitrogens with zero attached hydrogens (tertiary/aromatic N) is 1. The lowest BCUT2D eigenvalue weighted by atomic mass is 10.2. The molecule has 160 valence electrons. The van der Waals surface area contributed by atoms with Gasteiger partial charge in [-0.05, 0) is 65.9 Å². The molecule has 1 aromatic heterocycles. The second-order valence-corrected chi connectivity index (χ2v) is 7.62. The van der Waals surface area contributed by atoms with Crippen LogP contribution in [0.1, 0.15) is 20.8 Å². The number of aryl methyl sites for hydroxylation is 1. The number of carbonyl (C=O) groups is 2. The lowest BCUT2D eigenvalue weighted by Gasteiger charge is -2.09. The summed E-state index contributed by atoms with van der Waals surface area (Å²) >= 11 is 7.25. The number of thiophene rings is 1. The van der Waals surface area contributed by atoms with E-state index in [1.54, 1.807) is 53.9 Å². The van der Waals surface area contributed by atoms with Gasteiger partial charge in [-0.3, -0.25) is 4.79 Å². The van der Waals surface area contributed by atoms with Crippen molar-refractivity contribution in [2.75, 3.05) is 13.7 Å². The molecule has 1 amide bonds. The smallest absolute Gasteiger partial charge is 0.353 e. The van der Waals surface area contributed by atoms with Crippen molar-refractivity contribution in [1.82, 2.24) is 5.43 Å². The summed E-state index contributed by atoms with van der Waals surface area (Å²) in [5.41, 5.74) is 3.88. The van der Waals surface area contributed by atoms with E-state index < -0.39 is 11.9 Å². The molecule has 0 unspecified atom stereocenters. The van der Waals surface area contributed by atoms with Gasteiger partial charge in [0.15, 0.2) is 18.1 Å². The maximum absolute atomic E-state index is 12.1. The number of carbonyl (C=O) groups excluding carboxylic acids is 2. The molecule has 0 saturated carbocycles. The molecular formula is C22H19ClN2O5S. The number of esters is 1. The maximum atomic E-state index is 12.1. The molecule has 0 atom stereocenters. The summed E-state index contributed by atoms with van der Waals surface area (Å²) in [6.07, 6.45) is 1.44. The van der Waals surface area contributed by atoms with Gasteiger partial charge in [0.2, 0.25) is 0 Å². The van der Waals surface area contributed by atoms with Crippen molar-refractivity contribution in [3.63, 3.8) is 0 Å². The minimum absolute atomic E-state index is 0.195. The number of hydrazone groups is 1. The van der Waals surface area contributed by atoms with Gasteiger partial charge in [0.1, 0.15) is 10.6 Å². The molecule has 2 aromatic carbocycles. The number of halogens is 1. The summed E-state index contributed by atoms with van der Waals surface area (Å²) in [5.74, 6) is 0.309. The van der Waals surface area contributed by atoms with Crippen LogP contribution in [-0.2, 0) is 4.79 Å². The molecule has 1 N–H and O–H groups in total. The Hall–Kier alpha value is -3.36. The number of rotatable bonds is 8. The van der Waals surface area contributed by atoms with Crippen LogP contribution in [0.4, 0.5) is 0 Å². The molecular weight excluding hydrogens is 440 g/mol. The zero-order valence-electron chi connectivity index (χ0n) is 16.8. The highest BCUT2D eigenvalue weighted by molar-refractivity contribution is 7.12. The second-order valence-electron chi connectivity index (χ2n) is 6.27. The van der Waals surface area contributed by atoms with Crippen LogP contribution in [0.25, 0.3) is 0 Å². The molecule has 0 spiro atoms. The van der Waals surface area contributed by atoms with Gasteiger partial charge in [0.25, 0.3) is 5.91 Å². The summed E-state index contributed by atoms with van der Waals surface area (Å²) in [6.45, 7) is 1.65. The van der Waals surface area contributed by atoms with Crippen LogP contribution >= 0.6 is 22.9 Å². The maximum Gasteiger partial charge on any atom is 0.353 e. The number of methoxy groups -OCH3 is 1. The largest absolute Gasteiger partial charge is 0.493 e. The van der Waals surface area contributed by atoms with Gasteiger partial charge in [0.05, 0.1) is 13.3 Å². The molecule has 0 aliphatic carbocycles. The van der Waals surface area contributed by atoms with Crippen LogP contribution < -0.4 is 19.6 Å². The van der Waals surface area contributed by atoms with Gasteiger partial charge in [-0.25, -0.2) is 10.2 Å². The summed E-state index contributed by atoms with van der Waals surface area (Å²) < 4.78 is 16.1. The average molecular weight is 459 g/mol. The predicted octanol–water partition coefficient (Wildman–Crippen LogP) is 4.47. The Balaban J connectivity index is 1.54. The zero-order chi connectivity index (χ0) is 22.2. The van der Waals surface area contributed by atoms with Gasteiger partial charge >= 0.3 is 5.97 Å². The fourth-order valence-electron chi connectivity index (χ4n) is 2.46. The lowest BCUT2D eigenvalue weighted by molar-refractivity contribution is -0.123. The van der Waals surface area contributed by atoms with E-state index in [2.05, 4.69) is 10.5 Å². The highest BCUT2D eigenvalue weighted by Crippen LogP contribution is 2.29. The number of hydrogen-bond donors (Lipinski definition) is 1. The molecule has 0 fully saturated rings. The highest BCUT2D eigenvalue weighted by atomic mass is 35.5. The van der Waals surface area contributed by atoms with Crippen LogP contribution in [-0.4, -0.2) is 31.8 Å². The third kappa shape index (κ3) is 6.31. The summed E-state index contributed by atoms with van der Waals surface area (Å²) in [7, 11) is 1.47. The van der Waals surface area contributed by atoms with Crippen LogP contribution in [0.3, 0.4) is 0 Å². The van der Waals surface area contributed by atoms with Crippen LogP contribution in [0.5, 0.6) is 17.2 Å². The van der Waals surface area contributed by atoms with Gasteiger partial charge in [-0.1, -0.05) is 17.7 Å². The molecule has 7 nitrogen and oxygen atoms in total. The van der Waals surface area contributed by atoms with E-state index in [9.17, 15) is 9.59 Å². The molecule has 0 aliphatic rings. The van der Waals surface area contributed by atoms with Crippen molar-refractivity contribution >= 4 is 41.0 Å².